The Morgan fingerprint density at radius 1 is 1.47 bits per heavy atom. The van der Waals surface area contributed by atoms with E-state index in [-0.39, 0.29) is 17.9 Å². The van der Waals surface area contributed by atoms with Gasteiger partial charge in [-0.25, -0.2) is 0 Å². The number of Topliss-reactive ketones (excluding diaryl/α,β-unsaturated/α-hetero) is 1. The molecule has 106 valence electrons. The van der Waals surface area contributed by atoms with Crippen molar-refractivity contribution >= 4 is 5.78 Å². The molecule has 1 heterocycles. The van der Waals surface area contributed by atoms with E-state index in [0.29, 0.717) is 6.42 Å². The minimum atomic E-state index is -1.94. The standard InChI is InChI=1S/C14H20O5/c1-7(15)4-8-5-10(16)13-6-9(13)12(2,3)19-14(13,18)11(8)17/h4,7,9-10,15-16,18H,5-6H2,1-3H3/b8-4+/t7-,9+,10+,13?,14-/m1/s1. The third-order valence-electron chi connectivity index (χ3n) is 4.93. The van der Waals surface area contributed by atoms with E-state index in [2.05, 4.69) is 0 Å². The summed E-state index contributed by atoms with van der Waals surface area (Å²) in [4.78, 5) is 12.5. The van der Waals surface area contributed by atoms with Crippen molar-refractivity contribution in [3.63, 3.8) is 0 Å². The monoisotopic (exact) mass is 268 g/mol. The zero-order valence-corrected chi connectivity index (χ0v) is 11.4. The Labute approximate surface area is 111 Å². The molecule has 2 saturated carbocycles. The van der Waals surface area contributed by atoms with Gasteiger partial charge < -0.3 is 20.1 Å². The topological polar surface area (TPSA) is 87.0 Å². The maximum Gasteiger partial charge on any atom is 0.240 e. The number of hydrogen-bond acceptors (Lipinski definition) is 5. The maximum absolute atomic E-state index is 12.5. The first-order chi connectivity index (χ1) is 8.65. The number of carbonyl (C=O) groups excluding carboxylic acids is 1. The summed E-state index contributed by atoms with van der Waals surface area (Å²) in [6, 6.07) is 0. The summed E-state index contributed by atoms with van der Waals surface area (Å²) in [6.45, 7) is 5.20. The molecule has 3 aliphatic rings. The van der Waals surface area contributed by atoms with E-state index in [0.717, 1.165) is 0 Å². The molecule has 0 aromatic heterocycles. The smallest absolute Gasteiger partial charge is 0.240 e. The van der Waals surface area contributed by atoms with E-state index in [9.17, 15) is 20.1 Å². The summed E-state index contributed by atoms with van der Waals surface area (Å²) >= 11 is 0. The number of carbonyl (C=O) groups is 1. The van der Waals surface area contributed by atoms with Gasteiger partial charge in [0.15, 0.2) is 0 Å². The fraction of sp³-hybridized carbons (Fsp3) is 0.786. The van der Waals surface area contributed by atoms with Gasteiger partial charge in [-0.15, -0.1) is 0 Å². The molecule has 1 saturated heterocycles. The number of ether oxygens (including phenoxy) is 1. The highest BCUT2D eigenvalue weighted by Gasteiger charge is 2.84. The van der Waals surface area contributed by atoms with Crippen molar-refractivity contribution < 1.29 is 24.9 Å². The van der Waals surface area contributed by atoms with Crippen LogP contribution in [0.3, 0.4) is 0 Å². The van der Waals surface area contributed by atoms with Crippen LogP contribution in [0, 0.1) is 11.3 Å². The summed E-state index contributed by atoms with van der Waals surface area (Å²) in [5.41, 5.74) is -1.23. The van der Waals surface area contributed by atoms with E-state index >= 15 is 0 Å². The lowest BCUT2D eigenvalue weighted by Gasteiger charge is -2.40. The molecule has 0 radical (unpaired) electrons. The summed E-state index contributed by atoms with van der Waals surface area (Å²) in [5.74, 6) is -2.46. The Morgan fingerprint density at radius 2 is 2.11 bits per heavy atom. The molecule has 3 fully saturated rings. The quantitative estimate of drug-likeness (QED) is 0.588. The van der Waals surface area contributed by atoms with Crippen LogP contribution in [0.2, 0.25) is 0 Å². The number of hydrogen-bond donors (Lipinski definition) is 3. The van der Waals surface area contributed by atoms with Crippen molar-refractivity contribution in [2.45, 2.75) is 57.2 Å². The van der Waals surface area contributed by atoms with Gasteiger partial charge in [-0.2, -0.15) is 0 Å². The first kappa shape index (κ1) is 13.2. The molecule has 0 aromatic rings. The van der Waals surface area contributed by atoms with Gasteiger partial charge in [-0.1, -0.05) is 0 Å². The Bertz CT molecular complexity index is 480. The van der Waals surface area contributed by atoms with Crippen molar-refractivity contribution in [2.24, 2.45) is 11.3 Å². The van der Waals surface area contributed by atoms with Crippen molar-refractivity contribution in [3.8, 4) is 0 Å². The molecular formula is C14H20O5. The Morgan fingerprint density at radius 3 is 2.63 bits per heavy atom. The Balaban J connectivity index is 2.05. The first-order valence-electron chi connectivity index (χ1n) is 6.69. The third-order valence-corrected chi connectivity index (χ3v) is 4.93. The summed E-state index contributed by atoms with van der Waals surface area (Å²) in [5, 5.41) is 30.5. The summed E-state index contributed by atoms with van der Waals surface area (Å²) in [7, 11) is 0. The highest BCUT2D eigenvalue weighted by Crippen LogP contribution is 2.75. The lowest BCUT2D eigenvalue weighted by Crippen LogP contribution is -2.57. The fourth-order valence-corrected chi connectivity index (χ4v) is 4.05. The second kappa shape index (κ2) is 3.47. The normalized spacial score (nSPS) is 50.8. The van der Waals surface area contributed by atoms with E-state index < -0.39 is 34.8 Å². The van der Waals surface area contributed by atoms with E-state index in [1.165, 1.54) is 13.0 Å². The van der Waals surface area contributed by atoms with Crippen LogP contribution in [0.25, 0.3) is 0 Å². The van der Waals surface area contributed by atoms with Gasteiger partial charge >= 0.3 is 0 Å². The molecule has 1 unspecified atom stereocenters. The molecule has 5 nitrogen and oxygen atoms in total. The van der Waals surface area contributed by atoms with Crippen molar-refractivity contribution in [1.82, 2.24) is 0 Å². The summed E-state index contributed by atoms with van der Waals surface area (Å²) in [6.07, 6.45) is 0.538. The van der Waals surface area contributed by atoms with Crippen LogP contribution >= 0.6 is 0 Å². The lowest BCUT2D eigenvalue weighted by atomic mass is 9.73. The van der Waals surface area contributed by atoms with E-state index in [4.69, 9.17) is 4.74 Å². The average Bonchev–Trinajstić information content (AvgIpc) is 2.97. The van der Waals surface area contributed by atoms with Crippen LogP contribution in [0.5, 0.6) is 0 Å². The molecule has 3 rings (SSSR count). The van der Waals surface area contributed by atoms with Gasteiger partial charge in [-0.05, 0) is 33.3 Å². The third kappa shape index (κ3) is 1.41. The second-order valence-electron chi connectivity index (χ2n) is 6.63. The molecule has 2 aliphatic carbocycles. The molecule has 0 amide bonds. The van der Waals surface area contributed by atoms with Crippen LogP contribution in [0.4, 0.5) is 0 Å². The van der Waals surface area contributed by atoms with Crippen LogP contribution in [0.15, 0.2) is 11.6 Å². The van der Waals surface area contributed by atoms with Crippen molar-refractivity contribution in [3.05, 3.63) is 11.6 Å². The van der Waals surface area contributed by atoms with Crippen molar-refractivity contribution in [2.75, 3.05) is 0 Å². The zero-order chi connectivity index (χ0) is 14.2. The minimum Gasteiger partial charge on any atom is -0.392 e. The predicted octanol–water partition coefficient (Wildman–Crippen LogP) is 0.131. The average molecular weight is 268 g/mol. The molecule has 1 spiro atoms. The van der Waals surface area contributed by atoms with Gasteiger partial charge in [-0.3, -0.25) is 4.79 Å². The molecule has 3 N–H and O–H groups in total. The van der Waals surface area contributed by atoms with Gasteiger partial charge in [0.05, 0.1) is 23.2 Å². The number of aliphatic hydroxyl groups is 3. The highest BCUT2D eigenvalue weighted by atomic mass is 16.7. The van der Waals surface area contributed by atoms with Crippen LogP contribution in [-0.2, 0) is 9.53 Å². The largest absolute Gasteiger partial charge is 0.392 e. The second-order valence-corrected chi connectivity index (χ2v) is 6.63. The zero-order valence-electron chi connectivity index (χ0n) is 11.4. The van der Waals surface area contributed by atoms with Crippen LogP contribution in [0.1, 0.15) is 33.6 Å². The minimum absolute atomic E-state index is 0.00273. The SMILES string of the molecule is C[C@@H](O)/C=C1\C[C@H](O)C23C[C@H]2C(C)(C)O[C@]3(O)C1=O. The number of ketones is 1. The fourth-order valence-electron chi connectivity index (χ4n) is 4.05. The number of rotatable bonds is 1. The molecule has 0 aromatic carbocycles. The molecular weight excluding hydrogens is 248 g/mol. The van der Waals surface area contributed by atoms with Crippen LogP contribution < -0.4 is 0 Å². The highest BCUT2D eigenvalue weighted by molar-refractivity contribution is 6.03. The van der Waals surface area contributed by atoms with Gasteiger partial charge in [0.2, 0.25) is 11.6 Å². The first-order valence-corrected chi connectivity index (χ1v) is 6.69. The molecule has 5 heteroatoms. The van der Waals surface area contributed by atoms with Gasteiger partial charge in [0, 0.05) is 17.9 Å². The lowest BCUT2D eigenvalue weighted by molar-refractivity contribution is -0.255. The molecule has 19 heavy (non-hydrogen) atoms. The molecule has 5 atom stereocenters. The van der Waals surface area contributed by atoms with Crippen LogP contribution in [-0.4, -0.2) is 44.7 Å². The Hall–Kier alpha value is -0.750. The maximum atomic E-state index is 12.5. The van der Waals surface area contributed by atoms with Gasteiger partial charge in [0.1, 0.15) is 0 Å². The number of aliphatic hydroxyl groups excluding tert-OH is 2. The Kier molecular flexibility index (Phi) is 2.42. The van der Waals surface area contributed by atoms with E-state index in [1.807, 2.05) is 13.8 Å². The molecule has 1 aliphatic heterocycles. The molecule has 0 bridgehead atoms. The van der Waals surface area contributed by atoms with E-state index in [1.54, 1.807) is 0 Å². The van der Waals surface area contributed by atoms with Crippen molar-refractivity contribution in [1.29, 1.82) is 0 Å². The van der Waals surface area contributed by atoms with Gasteiger partial charge in [0.25, 0.3) is 0 Å². The summed E-state index contributed by atoms with van der Waals surface area (Å²) < 4.78 is 5.61. The predicted molar refractivity (Wildman–Crippen MR) is 66.0 cm³/mol.